The number of nitrogens with zero attached hydrogens (tertiary/aromatic N) is 1. The summed E-state index contributed by atoms with van der Waals surface area (Å²) in [6.45, 7) is 0. The first-order valence-electron chi connectivity index (χ1n) is 5.40. The third kappa shape index (κ3) is 3.03. The minimum absolute atomic E-state index is 0.142. The van der Waals surface area contributed by atoms with Gasteiger partial charge in [-0.1, -0.05) is 0 Å². The van der Waals surface area contributed by atoms with Crippen LogP contribution in [-0.4, -0.2) is 23.1 Å². The second kappa shape index (κ2) is 5.71. The zero-order valence-electron chi connectivity index (χ0n) is 10.1. The molecular formula is C13H11BrN2O3. The molecule has 1 heterocycles. The molecule has 0 saturated heterocycles. The molecule has 98 valence electrons. The fourth-order valence-corrected chi connectivity index (χ4v) is 1.85. The highest BCUT2D eigenvalue weighted by molar-refractivity contribution is 9.10. The van der Waals surface area contributed by atoms with Gasteiger partial charge in [0.1, 0.15) is 16.1 Å². The Labute approximate surface area is 118 Å². The molecule has 0 aliphatic rings. The molecule has 1 amide bonds. The number of carbonyl (C=O) groups is 1. The number of ether oxygens (including phenoxy) is 1. The maximum absolute atomic E-state index is 12.0. The predicted molar refractivity (Wildman–Crippen MR) is 74.5 cm³/mol. The Bertz CT molecular complexity index is 617. The van der Waals surface area contributed by atoms with Crippen LogP contribution in [0.15, 0.2) is 41.1 Å². The molecule has 2 N–H and O–H groups in total. The number of aromatic nitrogens is 1. The Morgan fingerprint density at radius 3 is 2.84 bits per heavy atom. The van der Waals surface area contributed by atoms with E-state index in [4.69, 9.17) is 4.74 Å². The quantitative estimate of drug-likeness (QED) is 0.852. The molecule has 0 atom stereocenters. The lowest BCUT2D eigenvalue weighted by atomic mass is 10.1. The van der Waals surface area contributed by atoms with Crippen LogP contribution in [0, 0.1) is 0 Å². The van der Waals surface area contributed by atoms with Crippen LogP contribution in [0.4, 0.5) is 5.69 Å². The van der Waals surface area contributed by atoms with Crippen molar-refractivity contribution in [3.63, 3.8) is 0 Å². The average Bonchev–Trinajstić information content (AvgIpc) is 2.41. The van der Waals surface area contributed by atoms with E-state index >= 15 is 0 Å². The molecule has 1 aromatic carbocycles. The minimum atomic E-state index is -0.422. The summed E-state index contributed by atoms with van der Waals surface area (Å²) >= 11 is 3.23. The number of methoxy groups -OCH3 is 1. The van der Waals surface area contributed by atoms with E-state index in [1.54, 1.807) is 24.4 Å². The Morgan fingerprint density at radius 2 is 2.21 bits per heavy atom. The molecule has 2 aromatic rings. The highest BCUT2D eigenvalue weighted by atomic mass is 79.9. The molecule has 0 aliphatic carbocycles. The van der Waals surface area contributed by atoms with Crippen molar-refractivity contribution in [2.75, 3.05) is 12.4 Å². The van der Waals surface area contributed by atoms with Gasteiger partial charge in [-0.2, -0.15) is 0 Å². The molecule has 0 fully saturated rings. The number of amides is 1. The van der Waals surface area contributed by atoms with E-state index in [0.717, 1.165) is 0 Å². The van der Waals surface area contributed by atoms with Crippen LogP contribution >= 0.6 is 15.9 Å². The van der Waals surface area contributed by atoms with Crippen LogP contribution in [0.25, 0.3) is 0 Å². The van der Waals surface area contributed by atoms with Gasteiger partial charge >= 0.3 is 0 Å². The Kier molecular flexibility index (Phi) is 4.01. The Balaban J connectivity index is 2.23. The molecule has 2 rings (SSSR count). The first-order chi connectivity index (χ1) is 9.11. The van der Waals surface area contributed by atoms with Gasteiger partial charge in [0.25, 0.3) is 5.91 Å². The van der Waals surface area contributed by atoms with Gasteiger partial charge in [-0.3, -0.25) is 4.79 Å². The van der Waals surface area contributed by atoms with Gasteiger partial charge in [-0.25, -0.2) is 4.98 Å². The standard InChI is InChI=1S/C13H11BrN2O3/c1-19-8-4-5-9(11(17)7-8)13(18)16-10-3-2-6-15-12(10)14/h2-7,17H,1H3,(H,16,18). The summed E-state index contributed by atoms with van der Waals surface area (Å²) in [4.78, 5) is 16.0. The lowest BCUT2D eigenvalue weighted by molar-refractivity contribution is 0.102. The number of anilines is 1. The molecular weight excluding hydrogens is 312 g/mol. The first-order valence-corrected chi connectivity index (χ1v) is 6.20. The summed E-state index contributed by atoms with van der Waals surface area (Å²) in [6, 6.07) is 7.89. The molecule has 0 radical (unpaired) electrons. The highest BCUT2D eigenvalue weighted by Gasteiger charge is 2.13. The first kappa shape index (κ1) is 13.4. The smallest absolute Gasteiger partial charge is 0.259 e. The number of halogens is 1. The number of pyridine rings is 1. The fourth-order valence-electron chi connectivity index (χ4n) is 1.50. The number of rotatable bonds is 3. The van der Waals surface area contributed by atoms with Gasteiger partial charge in [-0.15, -0.1) is 0 Å². The summed E-state index contributed by atoms with van der Waals surface area (Å²) < 4.78 is 5.48. The van der Waals surface area contributed by atoms with Crippen molar-refractivity contribution in [2.45, 2.75) is 0 Å². The molecule has 0 saturated carbocycles. The molecule has 19 heavy (non-hydrogen) atoms. The van der Waals surface area contributed by atoms with Crippen molar-refractivity contribution >= 4 is 27.5 Å². The van der Waals surface area contributed by atoms with Crippen molar-refractivity contribution < 1.29 is 14.6 Å². The van der Waals surface area contributed by atoms with Crippen LogP contribution in [0.5, 0.6) is 11.5 Å². The van der Waals surface area contributed by atoms with E-state index < -0.39 is 5.91 Å². The van der Waals surface area contributed by atoms with Crippen LogP contribution in [0.2, 0.25) is 0 Å². The van der Waals surface area contributed by atoms with E-state index in [1.807, 2.05) is 0 Å². The molecule has 5 nitrogen and oxygen atoms in total. The van der Waals surface area contributed by atoms with E-state index in [0.29, 0.717) is 16.0 Å². The summed E-state index contributed by atoms with van der Waals surface area (Å²) in [5, 5.41) is 12.4. The van der Waals surface area contributed by atoms with Gasteiger partial charge in [0.05, 0.1) is 18.4 Å². The topological polar surface area (TPSA) is 71.5 Å². The van der Waals surface area contributed by atoms with E-state index in [9.17, 15) is 9.90 Å². The lowest BCUT2D eigenvalue weighted by Crippen LogP contribution is -2.12. The van der Waals surface area contributed by atoms with Crippen molar-refractivity contribution in [3.8, 4) is 11.5 Å². The van der Waals surface area contributed by atoms with Crippen molar-refractivity contribution in [1.29, 1.82) is 0 Å². The summed E-state index contributed by atoms with van der Waals surface area (Å²) in [6.07, 6.45) is 1.60. The average molecular weight is 323 g/mol. The van der Waals surface area contributed by atoms with Crippen molar-refractivity contribution in [3.05, 3.63) is 46.7 Å². The van der Waals surface area contributed by atoms with Gasteiger partial charge in [0.2, 0.25) is 0 Å². The molecule has 0 spiro atoms. The SMILES string of the molecule is COc1ccc(C(=O)Nc2cccnc2Br)c(O)c1. The van der Waals surface area contributed by atoms with Gasteiger partial charge in [0, 0.05) is 12.3 Å². The molecule has 1 aromatic heterocycles. The van der Waals surface area contributed by atoms with Crippen LogP contribution in [0.1, 0.15) is 10.4 Å². The number of phenolic OH excluding ortho intramolecular Hbond substituents is 1. The molecule has 0 unspecified atom stereocenters. The summed E-state index contributed by atoms with van der Waals surface area (Å²) in [7, 11) is 1.49. The predicted octanol–water partition coefficient (Wildman–Crippen LogP) is 2.81. The highest BCUT2D eigenvalue weighted by Crippen LogP contribution is 2.25. The normalized spacial score (nSPS) is 10.0. The minimum Gasteiger partial charge on any atom is -0.507 e. The number of hydrogen-bond donors (Lipinski definition) is 2. The van der Waals surface area contributed by atoms with Crippen molar-refractivity contribution in [1.82, 2.24) is 4.98 Å². The van der Waals surface area contributed by atoms with E-state index in [2.05, 4.69) is 26.2 Å². The second-order valence-corrected chi connectivity index (χ2v) is 4.43. The largest absolute Gasteiger partial charge is 0.507 e. The number of aromatic hydroxyl groups is 1. The molecule has 6 heteroatoms. The Morgan fingerprint density at radius 1 is 1.42 bits per heavy atom. The van der Waals surface area contributed by atoms with Gasteiger partial charge in [-0.05, 0) is 40.2 Å². The lowest BCUT2D eigenvalue weighted by Gasteiger charge is -2.08. The number of benzene rings is 1. The maximum atomic E-state index is 12.0. The van der Waals surface area contributed by atoms with E-state index in [-0.39, 0.29) is 11.3 Å². The summed E-state index contributed by atoms with van der Waals surface area (Å²) in [5.41, 5.74) is 0.694. The Hall–Kier alpha value is -2.08. The monoisotopic (exact) mass is 322 g/mol. The number of carbonyl (C=O) groups excluding carboxylic acids is 1. The van der Waals surface area contributed by atoms with Gasteiger partial charge in [0.15, 0.2) is 0 Å². The number of phenols is 1. The second-order valence-electron chi connectivity index (χ2n) is 3.68. The molecule has 0 aliphatic heterocycles. The fraction of sp³-hybridized carbons (Fsp3) is 0.0769. The van der Waals surface area contributed by atoms with Gasteiger partial charge < -0.3 is 15.2 Å². The van der Waals surface area contributed by atoms with Crippen LogP contribution in [0.3, 0.4) is 0 Å². The zero-order chi connectivity index (χ0) is 13.8. The third-order valence-corrected chi connectivity index (χ3v) is 3.09. The molecule has 0 bridgehead atoms. The van der Waals surface area contributed by atoms with Crippen molar-refractivity contribution in [2.24, 2.45) is 0 Å². The maximum Gasteiger partial charge on any atom is 0.259 e. The van der Waals surface area contributed by atoms with E-state index in [1.165, 1.54) is 19.2 Å². The van der Waals surface area contributed by atoms with Crippen LogP contribution < -0.4 is 10.1 Å². The number of hydrogen-bond acceptors (Lipinski definition) is 4. The van der Waals surface area contributed by atoms with Crippen LogP contribution in [-0.2, 0) is 0 Å². The third-order valence-electron chi connectivity index (χ3n) is 2.46. The summed E-state index contributed by atoms with van der Waals surface area (Å²) in [5.74, 6) is -0.0812. The zero-order valence-corrected chi connectivity index (χ0v) is 11.6. The number of nitrogens with one attached hydrogen (secondary N) is 1.